The predicted octanol–water partition coefficient (Wildman–Crippen LogP) is 2.51. The van der Waals surface area contributed by atoms with Crippen molar-refractivity contribution >= 4 is 17.5 Å². The third kappa shape index (κ3) is 4.69. The van der Waals surface area contributed by atoms with Crippen LogP contribution in [0.5, 0.6) is 0 Å². The molecule has 1 aliphatic rings. The lowest BCUT2D eigenvalue weighted by Crippen LogP contribution is -2.35. The molecular formula is C20H20F2N4O4S. The van der Waals surface area contributed by atoms with Gasteiger partial charge in [0, 0.05) is 25.7 Å². The summed E-state index contributed by atoms with van der Waals surface area (Å²) in [6.45, 7) is 2.88. The summed E-state index contributed by atoms with van der Waals surface area (Å²) >= 11 is 0.759. The molecule has 8 nitrogen and oxygen atoms in total. The average Bonchev–Trinajstić information content (AvgIpc) is 3.37. The van der Waals surface area contributed by atoms with Crippen molar-refractivity contribution in [2.24, 2.45) is 7.05 Å². The minimum Gasteiger partial charge on any atom is -0.467 e. The zero-order valence-corrected chi connectivity index (χ0v) is 17.5. The van der Waals surface area contributed by atoms with Crippen LogP contribution in [0.3, 0.4) is 0 Å². The van der Waals surface area contributed by atoms with Crippen molar-refractivity contribution in [2.75, 3.05) is 32.9 Å². The molecule has 0 unspecified atom stereocenters. The largest absolute Gasteiger partial charge is 0.467 e. The molecule has 0 aliphatic carbocycles. The van der Waals surface area contributed by atoms with E-state index in [9.17, 15) is 13.6 Å². The summed E-state index contributed by atoms with van der Waals surface area (Å²) in [6.07, 6.45) is 1.57. The van der Waals surface area contributed by atoms with Gasteiger partial charge >= 0.3 is 0 Å². The number of Topliss-reactive ketones (excluding diaryl/α,β-unsaturated/α-hetero) is 1. The molecule has 11 heteroatoms. The number of hydrogen-bond donors (Lipinski definition) is 1. The van der Waals surface area contributed by atoms with Gasteiger partial charge in [-0.05, 0) is 30.0 Å². The van der Waals surface area contributed by atoms with Crippen molar-refractivity contribution in [3.63, 3.8) is 0 Å². The summed E-state index contributed by atoms with van der Waals surface area (Å²) in [6, 6.07) is 3.66. The maximum atomic E-state index is 14.4. The molecule has 0 bridgehead atoms. The number of ether oxygens (including phenoxy) is 1. The van der Waals surface area contributed by atoms with Gasteiger partial charge in [0.2, 0.25) is 0 Å². The number of carbonyl (C=O) groups is 1. The van der Waals surface area contributed by atoms with Crippen LogP contribution in [-0.2, 0) is 18.3 Å². The maximum Gasteiger partial charge on any atom is 0.196 e. The van der Waals surface area contributed by atoms with Crippen molar-refractivity contribution in [3.8, 4) is 11.4 Å². The zero-order valence-electron chi connectivity index (χ0n) is 16.7. The van der Waals surface area contributed by atoms with Crippen LogP contribution in [0.4, 0.5) is 8.78 Å². The van der Waals surface area contributed by atoms with Gasteiger partial charge in [0.15, 0.2) is 16.8 Å². The van der Waals surface area contributed by atoms with Gasteiger partial charge in [-0.25, -0.2) is 8.78 Å². The lowest BCUT2D eigenvalue weighted by atomic mass is 10.1. The third-order valence-electron chi connectivity index (χ3n) is 4.89. The number of carbonyl (C=O) groups excluding carboxylic acids is 1. The van der Waals surface area contributed by atoms with Crippen LogP contribution in [0.2, 0.25) is 0 Å². The van der Waals surface area contributed by atoms with E-state index in [-0.39, 0.29) is 15.6 Å². The van der Waals surface area contributed by atoms with Gasteiger partial charge in [-0.3, -0.25) is 9.69 Å². The molecule has 0 spiro atoms. The first-order chi connectivity index (χ1) is 15.0. The molecule has 0 radical (unpaired) electrons. The molecule has 2 aromatic heterocycles. The lowest BCUT2D eigenvalue weighted by molar-refractivity contribution is 0.0313. The number of aliphatic hydroxyl groups excluding tert-OH is 1. The van der Waals surface area contributed by atoms with Crippen molar-refractivity contribution in [1.82, 2.24) is 19.7 Å². The van der Waals surface area contributed by atoms with E-state index in [0.717, 1.165) is 42.7 Å². The summed E-state index contributed by atoms with van der Waals surface area (Å²) in [7, 11) is 1.69. The topological polar surface area (TPSA) is 93.6 Å². The van der Waals surface area contributed by atoms with Crippen molar-refractivity contribution < 1.29 is 27.8 Å². The Morgan fingerprint density at radius 2 is 1.90 bits per heavy atom. The zero-order chi connectivity index (χ0) is 22.0. The Morgan fingerprint density at radius 1 is 1.19 bits per heavy atom. The standard InChI is InChI=1S/C20H20F2N4O4S/c1-25-19(13-6-14(30-11-13)9-26-2-4-29-5-3-26)23-24-20(25)31-18-15(21)7-12(8-16(18)22)17(28)10-27/h6-8,11,27H,2-5,9-10H2,1H3. The van der Waals surface area contributed by atoms with Crippen molar-refractivity contribution in [1.29, 1.82) is 0 Å². The van der Waals surface area contributed by atoms with Crippen LogP contribution in [0.25, 0.3) is 11.4 Å². The minimum atomic E-state index is -0.914. The molecule has 1 aromatic carbocycles. The van der Waals surface area contributed by atoms with Crippen LogP contribution in [0.1, 0.15) is 16.1 Å². The van der Waals surface area contributed by atoms with Gasteiger partial charge in [-0.2, -0.15) is 0 Å². The lowest BCUT2D eigenvalue weighted by Gasteiger charge is -2.25. The second-order valence-corrected chi connectivity index (χ2v) is 7.99. The molecule has 3 aromatic rings. The Bertz CT molecular complexity index is 1070. The summed E-state index contributed by atoms with van der Waals surface area (Å²) in [5.41, 5.74) is 0.474. The van der Waals surface area contributed by atoms with E-state index in [1.807, 2.05) is 6.07 Å². The number of morpholine rings is 1. The highest BCUT2D eigenvalue weighted by Gasteiger charge is 2.21. The number of rotatable bonds is 7. The second kappa shape index (κ2) is 9.27. The summed E-state index contributed by atoms with van der Waals surface area (Å²) < 4.78 is 41.4. The quantitative estimate of drug-likeness (QED) is 0.549. The van der Waals surface area contributed by atoms with Crippen LogP contribution < -0.4 is 0 Å². The summed E-state index contributed by atoms with van der Waals surface area (Å²) in [4.78, 5) is 13.4. The van der Waals surface area contributed by atoms with Crippen LogP contribution in [0.15, 0.2) is 38.9 Å². The van der Waals surface area contributed by atoms with Gasteiger partial charge < -0.3 is 18.8 Å². The molecule has 1 fully saturated rings. The van der Waals surface area contributed by atoms with Crippen molar-refractivity contribution in [3.05, 3.63) is 47.4 Å². The number of benzene rings is 1. The van der Waals surface area contributed by atoms with E-state index >= 15 is 0 Å². The Balaban J connectivity index is 1.52. The first-order valence-corrected chi connectivity index (χ1v) is 10.4. The van der Waals surface area contributed by atoms with Gasteiger partial charge in [0.05, 0.1) is 30.2 Å². The van der Waals surface area contributed by atoms with E-state index in [1.165, 1.54) is 0 Å². The molecule has 0 atom stereocenters. The third-order valence-corrected chi connectivity index (χ3v) is 6.02. The highest BCUT2D eigenvalue weighted by atomic mass is 32.2. The number of aromatic nitrogens is 3. The first-order valence-electron chi connectivity index (χ1n) is 9.54. The molecule has 0 saturated carbocycles. The van der Waals surface area contributed by atoms with Crippen LogP contribution in [-0.4, -0.2) is 63.5 Å². The SMILES string of the molecule is Cn1c(Sc2c(F)cc(C(=O)CO)cc2F)nnc1-c1coc(CN2CCOCC2)c1. The van der Waals surface area contributed by atoms with Gasteiger partial charge in [0.1, 0.15) is 30.3 Å². The number of aliphatic hydroxyl groups is 1. The van der Waals surface area contributed by atoms with E-state index in [0.29, 0.717) is 31.1 Å². The van der Waals surface area contributed by atoms with Crippen molar-refractivity contribution in [2.45, 2.75) is 16.6 Å². The number of ketones is 1. The summed E-state index contributed by atoms with van der Waals surface area (Å²) in [5.74, 6) is -1.32. The number of furan rings is 1. The van der Waals surface area contributed by atoms with E-state index in [4.69, 9.17) is 14.3 Å². The minimum absolute atomic E-state index is 0.230. The fourth-order valence-electron chi connectivity index (χ4n) is 3.22. The number of hydrogen-bond acceptors (Lipinski definition) is 8. The van der Waals surface area contributed by atoms with E-state index < -0.39 is 24.0 Å². The Morgan fingerprint density at radius 3 is 2.58 bits per heavy atom. The predicted molar refractivity (Wildman–Crippen MR) is 107 cm³/mol. The maximum absolute atomic E-state index is 14.4. The highest BCUT2D eigenvalue weighted by Crippen LogP contribution is 2.33. The number of halogens is 2. The molecular weight excluding hydrogens is 430 g/mol. The molecule has 4 rings (SSSR count). The Kier molecular flexibility index (Phi) is 6.46. The molecule has 1 aliphatic heterocycles. The second-order valence-electron chi connectivity index (χ2n) is 7.01. The first kappa shape index (κ1) is 21.6. The number of nitrogens with zero attached hydrogens (tertiary/aromatic N) is 4. The Hall–Kier alpha value is -2.60. The average molecular weight is 450 g/mol. The summed E-state index contributed by atoms with van der Waals surface area (Å²) in [5, 5.41) is 17.3. The monoisotopic (exact) mass is 450 g/mol. The fourth-order valence-corrected chi connectivity index (χ4v) is 4.02. The van der Waals surface area contributed by atoms with E-state index in [2.05, 4.69) is 15.1 Å². The van der Waals surface area contributed by atoms with Crippen LogP contribution in [0, 0.1) is 11.6 Å². The highest BCUT2D eigenvalue weighted by molar-refractivity contribution is 7.99. The molecule has 164 valence electrons. The Labute approximate surface area is 180 Å². The molecule has 3 heterocycles. The van der Waals surface area contributed by atoms with E-state index in [1.54, 1.807) is 17.9 Å². The molecule has 31 heavy (non-hydrogen) atoms. The molecule has 1 N–H and O–H groups in total. The van der Waals surface area contributed by atoms with Gasteiger partial charge in [0.25, 0.3) is 0 Å². The molecule has 0 amide bonds. The normalized spacial score (nSPS) is 14.8. The van der Waals surface area contributed by atoms with Gasteiger partial charge in [-0.15, -0.1) is 10.2 Å². The van der Waals surface area contributed by atoms with Gasteiger partial charge in [-0.1, -0.05) is 0 Å². The molecule has 1 saturated heterocycles. The smallest absolute Gasteiger partial charge is 0.196 e. The van der Waals surface area contributed by atoms with Crippen LogP contribution >= 0.6 is 11.8 Å². The fraction of sp³-hybridized carbons (Fsp3) is 0.350.